The Hall–Kier alpha value is -4.79. The highest BCUT2D eigenvalue weighted by Crippen LogP contribution is 2.31. The normalized spacial score (nSPS) is 14.6. The Balaban J connectivity index is 1.41. The highest BCUT2D eigenvalue weighted by molar-refractivity contribution is 6.01. The summed E-state index contributed by atoms with van der Waals surface area (Å²) < 4.78 is 17.7. The molecule has 0 aliphatic carbocycles. The molecule has 9 heteroatoms. The Kier molecular flexibility index (Phi) is 6.27. The van der Waals surface area contributed by atoms with Crippen molar-refractivity contribution in [2.24, 2.45) is 5.10 Å². The average molecular weight is 485 g/mol. The summed E-state index contributed by atoms with van der Waals surface area (Å²) in [5, 5.41) is 16.0. The molecule has 5 rings (SSSR count). The van der Waals surface area contributed by atoms with Crippen molar-refractivity contribution >= 4 is 22.9 Å². The predicted octanol–water partition coefficient (Wildman–Crippen LogP) is 3.05. The number of aromatic nitrogens is 1. The zero-order valence-corrected chi connectivity index (χ0v) is 19.4. The number of carbonyl (C=O) groups is 1. The van der Waals surface area contributed by atoms with Gasteiger partial charge in [-0.15, -0.1) is 0 Å². The number of methoxy groups -OCH3 is 1. The second-order valence-electron chi connectivity index (χ2n) is 8.12. The fourth-order valence-corrected chi connectivity index (χ4v) is 3.98. The molecule has 2 N–H and O–H groups in total. The van der Waals surface area contributed by atoms with Gasteiger partial charge in [0.25, 0.3) is 11.5 Å². The summed E-state index contributed by atoms with van der Waals surface area (Å²) in [6, 6.07) is 21.2. The molecule has 0 saturated heterocycles. The summed E-state index contributed by atoms with van der Waals surface area (Å²) in [6.07, 6.45) is 0.434. The lowest BCUT2D eigenvalue weighted by atomic mass is 10.1. The van der Waals surface area contributed by atoms with E-state index in [2.05, 4.69) is 10.5 Å². The van der Waals surface area contributed by atoms with E-state index in [1.165, 1.54) is 10.8 Å². The summed E-state index contributed by atoms with van der Waals surface area (Å²) >= 11 is 0. The fourth-order valence-electron chi connectivity index (χ4n) is 3.98. The van der Waals surface area contributed by atoms with Crippen LogP contribution in [0.5, 0.6) is 23.1 Å². The molecule has 0 saturated carbocycles. The maximum absolute atomic E-state index is 13.2. The van der Waals surface area contributed by atoms with Gasteiger partial charge in [-0.25, -0.2) is 5.43 Å². The lowest BCUT2D eigenvalue weighted by Gasteiger charge is -2.24. The molecule has 1 amide bonds. The van der Waals surface area contributed by atoms with Crippen LogP contribution >= 0.6 is 0 Å². The van der Waals surface area contributed by atoms with E-state index in [1.54, 1.807) is 61.7 Å². The molecule has 1 atom stereocenters. The van der Waals surface area contributed by atoms with Crippen LogP contribution in [0.25, 0.3) is 10.8 Å². The topological polar surface area (TPSA) is 111 Å². The number of aromatic hydroxyl groups is 1. The Morgan fingerprint density at radius 1 is 1.08 bits per heavy atom. The van der Waals surface area contributed by atoms with Crippen LogP contribution in [0.4, 0.5) is 0 Å². The van der Waals surface area contributed by atoms with Gasteiger partial charge in [0.05, 0.1) is 25.4 Å². The van der Waals surface area contributed by atoms with Gasteiger partial charge in [0, 0.05) is 10.8 Å². The monoisotopic (exact) mass is 485 g/mol. The largest absolute Gasteiger partial charge is 0.497 e. The minimum atomic E-state index is -0.883. The molecule has 9 nitrogen and oxygen atoms in total. The molecule has 3 aromatic carbocycles. The van der Waals surface area contributed by atoms with Crippen LogP contribution in [0.15, 0.2) is 82.7 Å². The van der Waals surface area contributed by atoms with Gasteiger partial charge in [-0.3, -0.25) is 14.2 Å². The smallest absolute Gasteiger partial charge is 0.284 e. The molecule has 2 heterocycles. The van der Waals surface area contributed by atoms with Crippen molar-refractivity contribution in [2.75, 3.05) is 13.7 Å². The average Bonchev–Trinajstić information content (AvgIpc) is 2.92. The molecule has 36 heavy (non-hydrogen) atoms. The maximum Gasteiger partial charge on any atom is 0.284 e. The number of fused-ring (bicyclic) bond motifs is 2. The summed E-state index contributed by atoms with van der Waals surface area (Å²) in [4.78, 5) is 25.8. The molecule has 1 aliphatic heterocycles. The number of ether oxygens (including phenoxy) is 3. The van der Waals surface area contributed by atoms with E-state index >= 15 is 0 Å². The molecule has 1 aliphatic rings. The van der Waals surface area contributed by atoms with Gasteiger partial charge in [-0.2, -0.15) is 5.10 Å². The van der Waals surface area contributed by atoms with Gasteiger partial charge >= 0.3 is 0 Å². The molecular formula is C27H23N3O6. The van der Waals surface area contributed by atoms with Gasteiger partial charge in [0.15, 0.2) is 11.5 Å². The fraction of sp³-hybridized carbons (Fsp3) is 0.148. The lowest BCUT2D eigenvalue weighted by Crippen LogP contribution is -2.42. The van der Waals surface area contributed by atoms with E-state index in [0.29, 0.717) is 33.6 Å². The van der Waals surface area contributed by atoms with Crippen molar-refractivity contribution in [1.82, 2.24) is 9.99 Å². The van der Waals surface area contributed by atoms with Crippen LogP contribution < -0.4 is 25.2 Å². The summed E-state index contributed by atoms with van der Waals surface area (Å²) in [6.45, 7) is 0.179. The first-order valence-electron chi connectivity index (χ1n) is 11.2. The molecule has 0 fully saturated rings. The molecule has 0 bridgehead atoms. The van der Waals surface area contributed by atoms with Gasteiger partial charge in [0.2, 0.25) is 12.0 Å². The number of pyridine rings is 1. The quantitative estimate of drug-likeness (QED) is 0.321. The molecule has 4 aromatic rings. The third-order valence-electron chi connectivity index (χ3n) is 5.86. The Labute approximate surface area is 206 Å². The molecule has 0 unspecified atom stereocenters. The summed E-state index contributed by atoms with van der Waals surface area (Å²) in [7, 11) is 1.57. The van der Waals surface area contributed by atoms with Crippen molar-refractivity contribution in [3.05, 3.63) is 94.3 Å². The van der Waals surface area contributed by atoms with Crippen molar-refractivity contribution in [3.63, 3.8) is 0 Å². The van der Waals surface area contributed by atoms with Gasteiger partial charge in [-0.1, -0.05) is 42.5 Å². The minimum Gasteiger partial charge on any atom is -0.497 e. The lowest BCUT2D eigenvalue weighted by molar-refractivity contribution is -0.130. The highest BCUT2D eigenvalue weighted by Gasteiger charge is 2.27. The molecule has 182 valence electrons. The number of hydrogen-bond donors (Lipinski definition) is 2. The number of nitrogens with zero attached hydrogens (tertiary/aromatic N) is 2. The van der Waals surface area contributed by atoms with Crippen LogP contribution in [-0.2, 0) is 11.3 Å². The van der Waals surface area contributed by atoms with Crippen LogP contribution in [0.1, 0.15) is 11.1 Å². The standard InChI is InChI=1S/C27H23N3O6/c1-34-18-12-10-17(11-13-18)15-30-26(32)20-7-3-2-6-19(20)21(27(30)33)14-28-29-25(31)24-16-35-22-8-4-5-9-23(22)36-24/h2-14,24,33H,15-16H2,1H3,(H,29,31)/b28-14+/t24-/m0/s1. The van der Waals surface area contributed by atoms with Crippen molar-refractivity contribution in [3.8, 4) is 23.1 Å². The van der Waals surface area contributed by atoms with Gasteiger partial charge in [0.1, 0.15) is 12.4 Å². The second-order valence-corrected chi connectivity index (χ2v) is 8.12. The van der Waals surface area contributed by atoms with Crippen LogP contribution in [0.3, 0.4) is 0 Å². The minimum absolute atomic E-state index is 0.0410. The Bertz CT molecular complexity index is 1510. The molecule has 0 radical (unpaired) electrons. The van der Waals surface area contributed by atoms with Crippen LogP contribution in [0, 0.1) is 0 Å². The van der Waals surface area contributed by atoms with Gasteiger partial charge < -0.3 is 19.3 Å². The number of rotatable bonds is 6. The van der Waals surface area contributed by atoms with E-state index in [-0.39, 0.29) is 24.6 Å². The van der Waals surface area contributed by atoms with E-state index in [1.807, 2.05) is 18.2 Å². The number of amides is 1. The second kappa shape index (κ2) is 9.83. The first-order valence-corrected chi connectivity index (χ1v) is 11.2. The predicted molar refractivity (Wildman–Crippen MR) is 134 cm³/mol. The van der Waals surface area contributed by atoms with E-state index in [9.17, 15) is 14.7 Å². The van der Waals surface area contributed by atoms with Crippen molar-refractivity contribution in [1.29, 1.82) is 0 Å². The van der Waals surface area contributed by atoms with Crippen molar-refractivity contribution < 1.29 is 24.1 Å². The number of benzene rings is 3. The highest BCUT2D eigenvalue weighted by atomic mass is 16.6. The number of hydrogen-bond acceptors (Lipinski definition) is 7. The van der Waals surface area contributed by atoms with Gasteiger partial charge in [-0.05, 0) is 35.9 Å². The first kappa shape index (κ1) is 23.0. The van der Waals surface area contributed by atoms with Crippen LogP contribution in [-0.4, -0.2) is 41.6 Å². The summed E-state index contributed by atoms with van der Waals surface area (Å²) in [5.41, 5.74) is 3.19. The molecule has 0 spiro atoms. The molecule has 1 aromatic heterocycles. The van der Waals surface area contributed by atoms with E-state index < -0.39 is 12.0 Å². The van der Waals surface area contributed by atoms with Crippen molar-refractivity contribution in [2.45, 2.75) is 12.6 Å². The number of para-hydroxylation sites is 2. The number of nitrogens with one attached hydrogen (secondary N) is 1. The van der Waals surface area contributed by atoms with E-state index in [0.717, 1.165) is 5.56 Å². The Morgan fingerprint density at radius 3 is 2.53 bits per heavy atom. The third-order valence-corrected chi connectivity index (χ3v) is 5.86. The number of carbonyl (C=O) groups excluding carboxylic acids is 1. The third kappa shape index (κ3) is 4.46. The molecular weight excluding hydrogens is 462 g/mol. The zero-order chi connectivity index (χ0) is 25.1. The zero-order valence-electron chi connectivity index (χ0n) is 19.4. The SMILES string of the molecule is COc1ccc(Cn2c(O)c(/C=N/NC(=O)[C@@H]3COc4ccccc4O3)c3ccccc3c2=O)cc1. The van der Waals surface area contributed by atoms with E-state index in [4.69, 9.17) is 14.2 Å². The maximum atomic E-state index is 13.2. The van der Waals surface area contributed by atoms with Crippen LogP contribution in [0.2, 0.25) is 0 Å². The Morgan fingerprint density at radius 2 is 1.78 bits per heavy atom. The first-order chi connectivity index (χ1) is 17.5. The number of hydrazone groups is 1. The summed E-state index contributed by atoms with van der Waals surface area (Å²) in [5.74, 6) is 0.964.